The average molecular weight is 335 g/mol. The molecule has 0 fully saturated rings. The van der Waals surface area contributed by atoms with Gasteiger partial charge in [0.15, 0.2) is 0 Å². The Morgan fingerprint density at radius 3 is 2.08 bits per heavy atom. The molecule has 0 aliphatic heterocycles. The van der Waals surface area contributed by atoms with Gasteiger partial charge in [0.25, 0.3) is 0 Å². The summed E-state index contributed by atoms with van der Waals surface area (Å²) in [5, 5.41) is 0. The molecule has 0 aliphatic rings. The van der Waals surface area contributed by atoms with Crippen molar-refractivity contribution in [3.05, 3.63) is 83.7 Å². The highest BCUT2D eigenvalue weighted by Gasteiger charge is 2.02. The molecule has 0 bridgehead atoms. The predicted octanol–water partition coefficient (Wildman–Crippen LogP) is 4.83. The monoisotopic (exact) mass is 335 g/mol. The quantitative estimate of drug-likeness (QED) is 0.505. The molecule has 1 aromatic heterocycles. The Labute approximate surface area is 145 Å². The third kappa shape index (κ3) is 4.21. The van der Waals surface area contributed by atoms with Gasteiger partial charge in [-0.2, -0.15) is 13.8 Å². The van der Waals surface area contributed by atoms with Crippen molar-refractivity contribution in [1.29, 1.82) is 0 Å². The number of hydrogen-bond donors (Lipinski definition) is 0. The van der Waals surface area contributed by atoms with Crippen LogP contribution in [0.4, 0.5) is 8.78 Å². The number of ether oxygens (including phenoxy) is 1. The molecule has 3 aromatic rings. The average Bonchev–Trinajstić information content (AvgIpc) is 2.62. The number of nitrogens with zero attached hydrogens (tertiary/aromatic N) is 1. The highest BCUT2D eigenvalue weighted by molar-refractivity contribution is 5.65. The van der Waals surface area contributed by atoms with Crippen LogP contribution < -0.4 is 4.74 Å². The Balaban J connectivity index is 1.77. The molecule has 0 saturated heterocycles. The summed E-state index contributed by atoms with van der Waals surface area (Å²) >= 11 is 0. The fraction of sp³-hybridized carbons (Fsp3) is 0.0952. The Morgan fingerprint density at radius 1 is 0.840 bits per heavy atom. The van der Waals surface area contributed by atoms with Crippen molar-refractivity contribution < 1.29 is 13.5 Å². The van der Waals surface area contributed by atoms with Gasteiger partial charge < -0.3 is 4.74 Å². The lowest BCUT2D eigenvalue weighted by Crippen LogP contribution is -1.92. The largest absolute Gasteiger partial charge is 0.494 e. The van der Waals surface area contributed by atoms with Gasteiger partial charge >= 0.3 is 0 Å². The molecule has 0 spiro atoms. The van der Waals surface area contributed by atoms with Crippen molar-refractivity contribution >= 4 is 0 Å². The number of pyridine rings is 1. The van der Waals surface area contributed by atoms with E-state index in [4.69, 9.17) is 4.74 Å². The summed E-state index contributed by atoms with van der Waals surface area (Å²) in [7, 11) is 0. The summed E-state index contributed by atoms with van der Waals surface area (Å²) < 4.78 is 31.7. The first-order valence-electron chi connectivity index (χ1n) is 7.83. The molecule has 2 nitrogen and oxygen atoms in total. The number of halogens is 2. The third-order valence-corrected chi connectivity index (χ3v) is 3.54. The number of rotatable bonds is 3. The molecule has 0 saturated carbocycles. The first-order chi connectivity index (χ1) is 12.2. The molecular formula is C21H15F2NO. The molecule has 1 heterocycles. The summed E-state index contributed by atoms with van der Waals surface area (Å²) in [6.45, 7) is 2.58. The van der Waals surface area contributed by atoms with Crippen molar-refractivity contribution in [1.82, 2.24) is 4.98 Å². The van der Waals surface area contributed by atoms with Crippen LogP contribution in [0.2, 0.25) is 0 Å². The van der Waals surface area contributed by atoms with Crippen molar-refractivity contribution in [3.8, 4) is 28.7 Å². The molecule has 0 radical (unpaired) electrons. The maximum absolute atomic E-state index is 13.5. The maximum atomic E-state index is 13.5. The van der Waals surface area contributed by atoms with Crippen LogP contribution in [0.15, 0.2) is 60.7 Å². The van der Waals surface area contributed by atoms with Gasteiger partial charge in [-0.05, 0) is 54.4 Å². The second-order valence-corrected chi connectivity index (χ2v) is 5.26. The van der Waals surface area contributed by atoms with E-state index in [1.54, 1.807) is 0 Å². The molecular weight excluding hydrogens is 320 g/mol. The van der Waals surface area contributed by atoms with Crippen LogP contribution >= 0.6 is 0 Å². The lowest BCUT2D eigenvalue weighted by Gasteiger charge is -2.05. The number of benzene rings is 2. The van der Waals surface area contributed by atoms with Gasteiger partial charge in [0, 0.05) is 5.56 Å². The molecule has 124 valence electrons. The van der Waals surface area contributed by atoms with Crippen LogP contribution in [0, 0.1) is 23.7 Å². The molecule has 0 aliphatic carbocycles. The molecule has 3 rings (SSSR count). The lowest BCUT2D eigenvalue weighted by molar-refractivity contribution is 0.340. The summed E-state index contributed by atoms with van der Waals surface area (Å²) in [4.78, 5) is 3.11. The van der Waals surface area contributed by atoms with E-state index in [0.717, 1.165) is 28.5 Å². The van der Waals surface area contributed by atoms with Gasteiger partial charge in [0.2, 0.25) is 11.9 Å². The van der Waals surface area contributed by atoms with Crippen molar-refractivity contribution in [2.24, 2.45) is 0 Å². The highest BCUT2D eigenvalue weighted by atomic mass is 19.1. The van der Waals surface area contributed by atoms with Crippen LogP contribution in [0.1, 0.15) is 18.1 Å². The minimum atomic E-state index is -0.904. The molecule has 0 unspecified atom stereocenters. The summed E-state index contributed by atoms with van der Waals surface area (Å²) in [5.74, 6) is 4.59. The van der Waals surface area contributed by atoms with Crippen LogP contribution in [-0.2, 0) is 0 Å². The van der Waals surface area contributed by atoms with Gasteiger partial charge in [0.1, 0.15) is 5.75 Å². The van der Waals surface area contributed by atoms with Gasteiger partial charge in [-0.3, -0.25) is 0 Å². The fourth-order valence-electron chi connectivity index (χ4n) is 2.30. The second-order valence-electron chi connectivity index (χ2n) is 5.26. The van der Waals surface area contributed by atoms with E-state index in [1.165, 1.54) is 6.07 Å². The SMILES string of the molecule is CCOc1ccc(-c2ccc(C#Cc3ccc(F)nc3F)cc2)cc1. The first-order valence-corrected chi connectivity index (χ1v) is 7.83. The predicted molar refractivity (Wildman–Crippen MR) is 93.2 cm³/mol. The topological polar surface area (TPSA) is 22.1 Å². The molecule has 2 aromatic carbocycles. The van der Waals surface area contributed by atoms with E-state index in [2.05, 4.69) is 16.8 Å². The smallest absolute Gasteiger partial charge is 0.231 e. The van der Waals surface area contributed by atoms with Gasteiger partial charge in [0.05, 0.1) is 12.2 Å². The van der Waals surface area contributed by atoms with E-state index in [0.29, 0.717) is 6.61 Å². The summed E-state index contributed by atoms with van der Waals surface area (Å²) in [6, 6.07) is 17.8. The fourth-order valence-corrected chi connectivity index (χ4v) is 2.30. The van der Waals surface area contributed by atoms with Gasteiger partial charge in [-0.25, -0.2) is 0 Å². The minimum Gasteiger partial charge on any atom is -0.494 e. The molecule has 25 heavy (non-hydrogen) atoms. The Hall–Kier alpha value is -3.19. The van der Waals surface area contributed by atoms with E-state index >= 15 is 0 Å². The zero-order valence-corrected chi connectivity index (χ0v) is 13.6. The van der Waals surface area contributed by atoms with E-state index in [-0.39, 0.29) is 5.56 Å². The second kappa shape index (κ2) is 7.59. The highest BCUT2D eigenvalue weighted by Crippen LogP contribution is 2.22. The van der Waals surface area contributed by atoms with E-state index in [1.807, 2.05) is 55.5 Å². The first kappa shape index (κ1) is 16.7. The van der Waals surface area contributed by atoms with Crippen molar-refractivity contribution in [3.63, 3.8) is 0 Å². The summed E-state index contributed by atoms with van der Waals surface area (Å²) in [5.41, 5.74) is 2.91. The Bertz CT molecular complexity index is 923. The molecule has 0 amide bonds. The Morgan fingerprint density at radius 2 is 1.48 bits per heavy atom. The molecule has 4 heteroatoms. The normalized spacial score (nSPS) is 10.0. The van der Waals surface area contributed by atoms with E-state index in [9.17, 15) is 8.78 Å². The van der Waals surface area contributed by atoms with E-state index < -0.39 is 11.9 Å². The van der Waals surface area contributed by atoms with Gasteiger partial charge in [-0.15, -0.1) is 0 Å². The zero-order valence-electron chi connectivity index (χ0n) is 13.6. The molecule has 0 N–H and O–H groups in total. The standard InChI is InChI=1S/C21H15F2NO/c1-2-25-19-12-9-17(10-13-19)16-6-3-15(4-7-16)5-8-18-11-14-20(22)24-21(18)23/h3-4,6-7,9-14H,2H2,1H3. The van der Waals surface area contributed by atoms with Gasteiger partial charge in [-0.1, -0.05) is 36.1 Å². The maximum Gasteiger partial charge on any atom is 0.231 e. The number of aromatic nitrogens is 1. The third-order valence-electron chi connectivity index (χ3n) is 3.54. The zero-order chi connectivity index (χ0) is 17.6. The summed E-state index contributed by atoms with van der Waals surface area (Å²) in [6.07, 6.45) is 0. The van der Waals surface area contributed by atoms with Crippen LogP contribution in [0.3, 0.4) is 0 Å². The van der Waals surface area contributed by atoms with Crippen molar-refractivity contribution in [2.45, 2.75) is 6.92 Å². The van der Waals surface area contributed by atoms with Crippen LogP contribution in [0.25, 0.3) is 11.1 Å². The van der Waals surface area contributed by atoms with Crippen LogP contribution in [0.5, 0.6) is 5.75 Å². The minimum absolute atomic E-state index is 0.0667. The van der Waals surface area contributed by atoms with Crippen LogP contribution in [-0.4, -0.2) is 11.6 Å². The Kier molecular flexibility index (Phi) is 5.06. The lowest BCUT2D eigenvalue weighted by atomic mass is 10.0. The molecule has 0 atom stereocenters. The van der Waals surface area contributed by atoms with Crippen molar-refractivity contribution in [2.75, 3.05) is 6.61 Å². The number of hydrogen-bond acceptors (Lipinski definition) is 2.